The number of amides is 1. The molecule has 162 valence electrons. The van der Waals surface area contributed by atoms with E-state index >= 15 is 0 Å². The van der Waals surface area contributed by atoms with Crippen LogP contribution in [0.1, 0.15) is 15.9 Å². The second-order valence-electron chi connectivity index (χ2n) is 8.00. The van der Waals surface area contributed by atoms with Crippen LogP contribution in [0.3, 0.4) is 0 Å². The summed E-state index contributed by atoms with van der Waals surface area (Å²) >= 11 is 0. The molecule has 0 bridgehead atoms. The van der Waals surface area contributed by atoms with Crippen LogP contribution in [0.4, 0.5) is 15.8 Å². The average Bonchev–Trinajstić information content (AvgIpc) is 2.74. The molecule has 0 radical (unpaired) electrons. The molecule has 3 N–H and O–H groups in total. The minimum absolute atomic E-state index is 0.196. The van der Waals surface area contributed by atoms with Crippen molar-refractivity contribution in [2.24, 2.45) is 0 Å². The lowest BCUT2D eigenvalue weighted by molar-refractivity contribution is 0.0954. The van der Waals surface area contributed by atoms with Crippen molar-refractivity contribution in [1.82, 2.24) is 15.1 Å². The molecule has 1 heterocycles. The van der Waals surface area contributed by atoms with Gasteiger partial charge in [-0.3, -0.25) is 9.69 Å². The smallest absolute Gasteiger partial charge is 0.251 e. The Morgan fingerprint density at radius 2 is 1.87 bits per heavy atom. The molecule has 1 fully saturated rings. The fraction of sp³-hybridized carbons (Fsp3) is 0.435. The Kier molecular flexibility index (Phi) is 7.65. The number of anilines is 2. The highest BCUT2D eigenvalue weighted by atomic mass is 19.1. The topological polar surface area (TPSA) is 64.8 Å². The zero-order valence-electron chi connectivity index (χ0n) is 17.9. The van der Waals surface area contributed by atoms with E-state index in [1.165, 1.54) is 6.07 Å². The number of nitrogens with one attached hydrogen (secondary N) is 1. The van der Waals surface area contributed by atoms with Crippen molar-refractivity contribution in [3.63, 3.8) is 0 Å². The zero-order chi connectivity index (χ0) is 21.5. The molecule has 2 aromatic carbocycles. The van der Waals surface area contributed by atoms with Gasteiger partial charge in [0.15, 0.2) is 0 Å². The molecule has 1 aliphatic rings. The van der Waals surface area contributed by atoms with E-state index in [4.69, 9.17) is 5.73 Å². The van der Waals surface area contributed by atoms with Crippen molar-refractivity contribution in [2.75, 3.05) is 70.5 Å². The number of likely N-dealkylation sites (N-methyl/N-ethyl adjacent to an activating group) is 1. The molecule has 1 aliphatic heterocycles. The molecule has 1 saturated heterocycles. The van der Waals surface area contributed by atoms with Gasteiger partial charge in [0, 0.05) is 51.4 Å². The molecule has 30 heavy (non-hydrogen) atoms. The Hall–Kier alpha value is -2.64. The summed E-state index contributed by atoms with van der Waals surface area (Å²) in [6.45, 7) is 6.36. The van der Waals surface area contributed by atoms with Crippen LogP contribution in [0.2, 0.25) is 0 Å². The third-order valence-electron chi connectivity index (χ3n) is 5.50. The number of carbonyl (C=O) groups is 1. The third-order valence-corrected chi connectivity index (χ3v) is 5.50. The van der Waals surface area contributed by atoms with Crippen molar-refractivity contribution in [1.29, 1.82) is 0 Å². The first-order valence-corrected chi connectivity index (χ1v) is 10.5. The van der Waals surface area contributed by atoms with Crippen molar-refractivity contribution in [3.8, 4) is 0 Å². The lowest BCUT2D eigenvalue weighted by atomic mass is 10.1. The van der Waals surface area contributed by atoms with Crippen LogP contribution >= 0.6 is 0 Å². The van der Waals surface area contributed by atoms with Gasteiger partial charge in [0.2, 0.25) is 0 Å². The van der Waals surface area contributed by atoms with Gasteiger partial charge in [0.25, 0.3) is 5.91 Å². The van der Waals surface area contributed by atoms with Gasteiger partial charge < -0.3 is 20.9 Å². The van der Waals surface area contributed by atoms with E-state index in [1.54, 1.807) is 24.3 Å². The second-order valence-corrected chi connectivity index (χ2v) is 8.00. The highest BCUT2D eigenvalue weighted by Gasteiger charge is 2.19. The molecular formula is C23H32FN5O. The summed E-state index contributed by atoms with van der Waals surface area (Å²) in [6.07, 6.45) is 0.448. The third kappa shape index (κ3) is 5.93. The predicted octanol–water partition coefficient (Wildman–Crippen LogP) is 2.06. The summed E-state index contributed by atoms with van der Waals surface area (Å²) < 4.78 is 13.7. The molecule has 1 amide bonds. The number of piperazine rings is 1. The van der Waals surface area contributed by atoms with Gasteiger partial charge in [-0.25, -0.2) is 4.39 Å². The first-order valence-electron chi connectivity index (χ1n) is 10.5. The zero-order valence-corrected chi connectivity index (χ0v) is 17.9. The number of nitrogens with zero attached hydrogens (tertiary/aromatic N) is 3. The molecule has 6 nitrogen and oxygen atoms in total. The minimum Gasteiger partial charge on any atom is -0.397 e. The van der Waals surface area contributed by atoms with E-state index < -0.39 is 0 Å². The predicted molar refractivity (Wildman–Crippen MR) is 120 cm³/mol. The molecule has 0 unspecified atom stereocenters. The summed E-state index contributed by atoms with van der Waals surface area (Å²) in [5, 5.41) is 2.84. The SMILES string of the molecule is CN(C)CCN1CCN(c2ccc(C(=O)NCCc3ccccc3F)cc2N)CC1. The molecule has 2 aromatic rings. The van der Waals surface area contributed by atoms with E-state index in [0.717, 1.165) is 45.0 Å². The molecule has 0 spiro atoms. The minimum atomic E-state index is -0.248. The molecule has 0 saturated carbocycles. The maximum atomic E-state index is 13.7. The van der Waals surface area contributed by atoms with Crippen LogP contribution < -0.4 is 16.0 Å². The average molecular weight is 414 g/mol. The summed E-state index contributed by atoms with van der Waals surface area (Å²) in [7, 11) is 4.18. The summed E-state index contributed by atoms with van der Waals surface area (Å²) in [4.78, 5) is 19.4. The van der Waals surface area contributed by atoms with Crippen molar-refractivity contribution < 1.29 is 9.18 Å². The van der Waals surface area contributed by atoms with Gasteiger partial charge >= 0.3 is 0 Å². The number of carbonyl (C=O) groups excluding carboxylic acids is 1. The van der Waals surface area contributed by atoms with Crippen molar-refractivity contribution in [2.45, 2.75) is 6.42 Å². The van der Waals surface area contributed by atoms with Gasteiger partial charge in [0.05, 0.1) is 11.4 Å². The maximum absolute atomic E-state index is 13.7. The highest BCUT2D eigenvalue weighted by molar-refractivity contribution is 5.96. The van der Waals surface area contributed by atoms with Gasteiger partial charge in [-0.1, -0.05) is 18.2 Å². The van der Waals surface area contributed by atoms with Crippen LogP contribution in [0.5, 0.6) is 0 Å². The van der Waals surface area contributed by atoms with Crippen LogP contribution in [-0.4, -0.2) is 75.6 Å². The van der Waals surface area contributed by atoms with E-state index in [-0.39, 0.29) is 11.7 Å². The molecule has 0 aliphatic carbocycles. The van der Waals surface area contributed by atoms with Crippen LogP contribution in [0.15, 0.2) is 42.5 Å². The first kappa shape index (κ1) is 22.1. The molecule has 0 atom stereocenters. The highest BCUT2D eigenvalue weighted by Crippen LogP contribution is 2.25. The summed E-state index contributed by atoms with van der Waals surface area (Å²) in [5.41, 5.74) is 8.98. The Morgan fingerprint density at radius 1 is 1.13 bits per heavy atom. The van der Waals surface area contributed by atoms with Crippen molar-refractivity contribution >= 4 is 17.3 Å². The monoisotopic (exact) mass is 413 g/mol. The standard InChI is InChI=1S/C23H32FN5O/c1-27(2)11-12-28-13-15-29(16-14-28)22-8-7-19(17-21(22)25)23(30)26-10-9-18-5-3-4-6-20(18)24/h3-8,17H,9-16,25H2,1-2H3,(H,26,30). The van der Waals surface area contributed by atoms with Crippen molar-refractivity contribution in [3.05, 3.63) is 59.4 Å². The Labute approximate surface area is 178 Å². The fourth-order valence-corrected chi connectivity index (χ4v) is 3.65. The number of nitrogens with two attached hydrogens (primary N) is 1. The first-order chi connectivity index (χ1) is 14.4. The fourth-order valence-electron chi connectivity index (χ4n) is 3.65. The largest absolute Gasteiger partial charge is 0.397 e. The summed E-state index contributed by atoms with van der Waals surface area (Å²) in [5.74, 6) is -0.444. The van der Waals surface area contributed by atoms with Gasteiger partial charge in [-0.2, -0.15) is 0 Å². The van der Waals surface area contributed by atoms with Gasteiger partial charge in [-0.05, 0) is 50.3 Å². The number of benzene rings is 2. The van der Waals surface area contributed by atoms with E-state index in [1.807, 2.05) is 12.1 Å². The number of hydrogen-bond acceptors (Lipinski definition) is 5. The number of rotatable bonds is 8. The molecule has 3 rings (SSSR count). The lowest BCUT2D eigenvalue weighted by Crippen LogP contribution is -2.48. The second kappa shape index (κ2) is 10.4. The Balaban J connectivity index is 1.51. The van der Waals surface area contributed by atoms with Gasteiger partial charge in [0.1, 0.15) is 5.82 Å². The maximum Gasteiger partial charge on any atom is 0.251 e. The van der Waals surface area contributed by atoms with E-state index in [0.29, 0.717) is 29.8 Å². The number of hydrogen-bond donors (Lipinski definition) is 2. The van der Waals surface area contributed by atoms with Crippen LogP contribution in [0, 0.1) is 5.82 Å². The number of nitrogen functional groups attached to an aromatic ring is 1. The normalized spacial score (nSPS) is 14.9. The van der Waals surface area contributed by atoms with Gasteiger partial charge in [-0.15, -0.1) is 0 Å². The Bertz CT molecular complexity index is 849. The molecule has 0 aromatic heterocycles. The Morgan fingerprint density at radius 3 is 2.53 bits per heavy atom. The quantitative estimate of drug-likeness (QED) is 0.649. The summed E-state index contributed by atoms with van der Waals surface area (Å²) in [6, 6.07) is 12.1. The van der Waals surface area contributed by atoms with Crippen LogP contribution in [-0.2, 0) is 6.42 Å². The van der Waals surface area contributed by atoms with E-state index in [9.17, 15) is 9.18 Å². The molecular weight excluding hydrogens is 381 g/mol. The van der Waals surface area contributed by atoms with E-state index in [2.05, 4.69) is 34.1 Å². The van der Waals surface area contributed by atoms with Crippen LogP contribution in [0.25, 0.3) is 0 Å². The molecule has 7 heteroatoms. The number of halogens is 1. The lowest BCUT2D eigenvalue weighted by Gasteiger charge is -2.37.